The molecule has 0 N–H and O–H groups in total. The Morgan fingerprint density at radius 1 is 1.10 bits per heavy atom. The van der Waals surface area contributed by atoms with E-state index >= 15 is 0 Å². The lowest BCUT2D eigenvalue weighted by Gasteiger charge is -2.39. The minimum absolute atomic E-state index is 0.0657. The summed E-state index contributed by atoms with van der Waals surface area (Å²) < 4.78 is 10.9. The number of carbonyl (C=O) groups excluding carboxylic acids is 2. The Kier molecular flexibility index (Phi) is 6.73. The van der Waals surface area contributed by atoms with E-state index in [-0.39, 0.29) is 17.2 Å². The first-order valence-corrected chi connectivity index (χ1v) is 11.8. The molecule has 1 aliphatic carbocycles. The summed E-state index contributed by atoms with van der Waals surface area (Å²) in [7, 11) is 3.30. The minimum Gasteiger partial charge on any atom is -0.497 e. The largest absolute Gasteiger partial charge is 0.497 e. The molecule has 7 nitrogen and oxygen atoms in total. The normalized spacial score (nSPS) is 22.9. The van der Waals surface area contributed by atoms with Crippen LogP contribution in [0.25, 0.3) is 0 Å². The number of piperazine rings is 1. The highest BCUT2D eigenvalue weighted by atomic mass is 32.2. The van der Waals surface area contributed by atoms with Crippen molar-refractivity contribution >= 4 is 23.6 Å². The predicted molar refractivity (Wildman–Crippen MR) is 117 cm³/mol. The molecule has 2 aliphatic heterocycles. The zero-order chi connectivity index (χ0) is 21.1. The zero-order valence-corrected chi connectivity index (χ0v) is 18.7. The third-order valence-corrected chi connectivity index (χ3v) is 7.70. The smallest absolute Gasteiger partial charge is 0.233 e. The summed E-state index contributed by atoms with van der Waals surface area (Å²) in [4.78, 5) is 31.4. The molecule has 0 radical (unpaired) electrons. The van der Waals surface area contributed by atoms with Gasteiger partial charge in [-0.25, -0.2) is 0 Å². The number of ether oxygens (including phenoxy) is 2. The second kappa shape index (κ2) is 9.47. The molecule has 0 spiro atoms. The van der Waals surface area contributed by atoms with Crippen LogP contribution in [0.1, 0.15) is 30.2 Å². The van der Waals surface area contributed by atoms with E-state index in [1.165, 1.54) is 6.42 Å². The van der Waals surface area contributed by atoms with Crippen molar-refractivity contribution in [2.45, 2.75) is 24.6 Å². The number of methoxy groups -OCH3 is 2. The van der Waals surface area contributed by atoms with Gasteiger partial charge in [-0.05, 0) is 31.0 Å². The Balaban J connectivity index is 1.35. The van der Waals surface area contributed by atoms with Crippen molar-refractivity contribution in [1.29, 1.82) is 0 Å². The lowest BCUT2D eigenvalue weighted by Crippen LogP contribution is -2.52. The third-order valence-electron chi connectivity index (χ3n) is 6.47. The molecule has 8 heteroatoms. The molecule has 4 rings (SSSR count). The van der Waals surface area contributed by atoms with Crippen LogP contribution in [0.15, 0.2) is 18.2 Å². The van der Waals surface area contributed by atoms with Crippen LogP contribution in [-0.4, -0.2) is 85.8 Å². The van der Waals surface area contributed by atoms with Crippen molar-refractivity contribution in [3.8, 4) is 11.5 Å². The number of nitrogens with zero attached hydrogens (tertiary/aromatic N) is 3. The Morgan fingerprint density at radius 3 is 2.50 bits per heavy atom. The predicted octanol–water partition coefficient (Wildman–Crippen LogP) is 2.22. The average molecular weight is 434 g/mol. The Morgan fingerprint density at radius 2 is 1.87 bits per heavy atom. The van der Waals surface area contributed by atoms with E-state index in [4.69, 9.17) is 9.47 Å². The molecular weight excluding hydrogens is 402 g/mol. The van der Waals surface area contributed by atoms with Gasteiger partial charge in [-0.3, -0.25) is 14.5 Å². The maximum Gasteiger partial charge on any atom is 0.233 e. The van der Waals surface area contributed by atoms with E-state index in [1.54, 1.807) is 26.0 Å². The highest BCUT2D eigenvalue weighted by Crippen LogP contribution is 2.43. The van der Waals surface area contributed by atoms with Gasteiger partial charge in [0.2, 0.25) is 11.8 Å². The molecule has 30 heavy (non-hydrogen) atoms. The summed E-state index contributed by atoms with van der Waals surface area (Å²) in [6.45, 7) is 4.84. The maximum atomic E-state index is 12.6. The van der Waals surface area contributed by atoms with Crippen LogP contribution >= 0.6 is 11.8 Å². The molecule has 164 valence electrons. The molecule has 1 aromatic rings. The number of rotatable bonds is 7. The fraction of sp³-hybridized carbons (Fsp3) is 0.636. The van der Waals surface area contributed by atoms with Gasteiger partial charge < -0.3 is 19.3 Å². The van der Waals surface area contributed by atoms with Gasteiger partial charge in [-0.15, -0.1) is 11.8 Å². The van der Waals surface area contributed by atoms with Crippen LogP contribution in [0.3, 0.4) is 0 Å². The molecule has 1 unspecified atom stereocenters. The molecule has 3 aliphatic rings. The Hall–Kier alpha value is -1.93. The second-order valence-corrected chi connectivity index (χ2v) is 9.22. The molecular formula is C22H31N3O4S. The van der Waals surface area contributed by atoms with Crippen molar-refractivity contribution in [3.05, 3.63) is 23.8 Å². The molecule has 0 bridgehead atoms. The topological polar surface area (TPSA) is 62.3 Å². The molecule has 3 fully saturated rings. The SMILES string of the molecule is COc1ccc(OC)c(C2SCC(=O)N2CCN2CCN(C(=O)C3CCC3)CC2)c1. The third kappa shape index (κ3) is 4.39. The summed E-state index contributed by atoms with van der Waals surface area (Å²) in [5.74, 6) is 2.80. The van der Waals surface area contributed by atoms with E-state index in [2.05, 4.69) is 4.90 Å². The minimum atomic E-state index is -0.0657. The molecule has 1 saturated carbocycles. The lowest BCUT2D eigenvalue weighted by atomic mass is 9.84. The first-order valence-electron chi connectivity index (χ1n) is 10.7. The molecule has 0 aromatic heterocycles. The number of hydrogen-bond acceptors (Lipinski definition) is 6. The van der Waals surface area contributed by atoms with Crippen molar-refractivity contribution < 1.29 is 19.1 Å². The van der Waals surface area contributed by atoms with Gasteiger partial charge >= 0.3 is 0 Å². The van der Waals surface area contributed by atoms with Gasteiger partial charge in [-0.1, -0.05) is 6.42 Å². The van der Waals surface area contributed by atoms with Crippen molar-refractivity contribution in [2.24, 2.45) is 5.92 Å². The first-order chi connectivity index (χ1) is 14.6. The molecule has 1 aromatic carbocycles. The van der Waals surface area contributed by atoms with E-state index in [1.807, 2.05) is 28.0 Å². The quantitative estimate of drug-likeness (QED) is 0.657. The van der Waals surface area contributed by atoms with E-state index in [0.717, 1.165) is 62.6 Å². The van der Waals surface area contributed by atoms with Gasteiger partial charge in [-0.2, -0.15) is 0 Å². The molecule has 2 amide bonds. The van der Waals surface area contributed by atoms with Crippen LogP contribution in [-0.2, 0) is 9.59 Å². The highest BCUT2D eigenvalue weighted by molar-refractivity contribution is 8.00. The molecule has 2 heterocycles. The summed E-state index contributed by atoms with van der Waals surface area (Å²) in [5.41, 5.74) is 0.976. The number of thioether (sulfide) groups is 1. The summed E-state index contributed by atoms with van der Waals surface area (Å²) >= 11 is 1.63. The second-order valence-electron chi connectivity index (χ2n) is 8.15. The summed E-state index contributed by atoms with van der Waals surface area (Å²) in [6, 6.07) is 5.74. The average Bonchev–Trinajstić information content (AvgIpc) is 3.11. The molecule has 1 atom stereocenters. The van der Waals surface area contributed by atoms with E-state index in [0.29, 0.717) is 18.2 Å². The van der Waals surface area contributed by atoms with Crippen LogP contribution in [0.4, 0.5) is 0 Å². The zero-order valence-electron chi connectivity index (χ0n) is 17.8. The monoisotopic (exact) mass is 433 g/mol. The van der Waals surface area contributed by atoms with Gasteiger partial charge in [0.15, 0.2) is 0 Å². The van der Waals surface area contributed by atoms with E-state index in [9.17, 15) is 9.59 Å². The fourth-order valence-electron chi connectivity index (χ4n) is 4.34. The van der Waals surface area contributed by atoms with Gasteiger partial charge in [0.1, 0.15) is 16.9 Å². The standard InChI is InChI=1S/C22H31N3O4S/c1-28-17-6-7-19(29-2)18(14-17)22-25(20(26)15-30-22)13-10-23-8-11-24(12-9-23)21(27)16-4-3-5-16/h6-7,14,16,22H,3-5,8-13,15H2,1-2H3. The van der Waals surface area contributed by atoms with Crippen molar-refractivity contribution in [1.82, 2.24) is 14.7 Å². The lowest BCUT2D eigenvalue weighted by molar-refractivity contribution is -0.139. The van der Waals surface area contributed by atoms with Gasteiger partial charge in [0, 0.05) is 50.7 Å². The van der Waals surface area contributed by atoms with Crippen molar-refractivity contribution in [2.75, 3.05) is 59.2 Å². The number of hydrogen-bond donors (Lipinski definition) is 0. The van der Waals surface area contributed by atoms with E-state index < -0.39 is 0 Å². The number of carbonyl (C=O) groups is 2. The Labute approximate surface area is 182 Å². The van der Waals surface area contributed by atoms with Gasteiger partial charge in [0.05, 0.1) is 20.0 Å². The Bertz CT molecular complexity index is 778. The van der Waals surface area contributed by atoms with Crippen LogP contribution in [0, 0.1) is 5.92 Å². The fourth-order valence-corrected chi connectivity index (χ4v) is 5.57. The first kappa shape index (κ1) is 21.3. The number of amides is 2. The highest BCUT2D eigenvalue weighted by Gasteiger charge is 2.35. The summed E-state index contributed by atoms with van der Waals surface area (Å²) in [6.07, 6.45) is 3.31. The van der Waals surface area contributed by atoms with Gasteiger partial charge in [0.25, 0.3) is 0 Å². The van der Waals surface area contributed by atoms with Crippen LogP contribution in [0.5, 0.6) is 11.5 Å². The number of benzene rings is 1. The maximum absolute atomic E-state index is 12.6. The summed E-state index contributed by atoms with van der Waals surface area (Å²) in [5, 5.41) is -0.0657. The van der Waals surface area contributed by atoms with Crippen LogP contribution in [0.2, 0.25) is 0 Å². The van der Waals surface area contributed by atoms with Crippen molar-refractivity contribution in [3.63, 3.8) is 0 Å². The van der Waals surface area contributed by atoms with Crippen LogP contribution < -0.4 is 9.47 Å². The molecule has 2 saturated heterocycles.